The van der Waals surface area contributed by atoms with E-state index in [1.54, 1.807) is 6.08 Å². The van der Waals surface area contributed by atoms with Gasteiger partial charge in [-0.3, -0.25) is 0 Å². The SMILES string of the molecule is CN1/C(=C\C=C\C=C(C#N)C#N)C(C)(C)c2ccccc21. The molecule has 0 amide bonds. The molecule has 0 unspecified atom stereocenters. The molecule has 0 spiro atoms. The first-order chi connectivity index (χ1) is 10.0. The Kier molecular flexibility index (Phi) is 3.96. The van der Waals surface area contributed by atoms with Gasteiger partial charge in [-0.15, -0.1) is 0 Å². The van der Waals surface area contributed by atoms with E-state index in [0.29, 0.717) is 0 Å². The molecule has 0 saturated carbocycles. The summed E-state index contributed by atoms with van der Waals surface area (Å²) >= 11 is 0. The van der Waals surface area contributed by atoms with Crippen LogP contribution in [0.1, 0.15) is 19.4 Å². The molecule has 0 aromatic heterocycles. The van der Waals surface area contributed by atoms with Gasteiger partial charge < -0.3 is 4.90 Å². The summed E-state index contributed by atoms with van der Waals surface area (Å²) in [5.41, 5.74) is 3.74. The monoisotopic (exact) mass is 275 g/mol. The number of benzene rings is 1. The van der Waals surface area contributed by atoms with Crippen LogP contribution in [0.25, 0.3) is 0 Å². The van der Waals surface area contributed by atoms with Gasteiger partial charge in [0.1, 0.15) is 17.7 Å². The van der Waals surface area contributed by atoms with Crippen LogP contribution in [-0.2, 0) is 5.41 Å². The minimum Gasteiger partial charge on any atom is -0.347 e. The molecule has 0 saturated heterocycles. The van der Waals surface area contributed by atoms with E-state index in [9.17, 15) is 0 Å². The van der Waals surface area contributed by atoms with E-state index in [4.69, 9.17) is 10.5 Å². The van der Waals surface area contributed by atoms with Crippen LogP contribution in [0.15, 0.2) is 59.8 Å². The van der Waals surface area contributed by atoms with Gasteiger partial charge in [0.25, 0.3) is 0 Å². The maximum atomic E-state index is 8.68. The fourth-order valence-electron chi connectivity index (χ4n) is 2.70. The second kappa shape index (κ2) is 5.69. The third-order valence-electron chi connectivity index (χ3n) is 3.81. The van der Waals surface area contributed by atoms with Gasteiger partial charge in [0, 0.05) is 23.8 Å². The molecule has 1 heterocycles. The first kappa shape index (κ1) is 14.6. The maximum absolute atomic E-state index is 8.68. The van der Waals surface area contributed by atoms with Crippen LogP contribution in [0.4, 0.5) is 5.69 Å². The molecule has 0 radical (unpaired) electrons. The number of likely N-dealkylation sites (N-methyl/N-ethyl adjacent to an activating group) is 1. The molecule has 2 rings (SSSR count). The molecule has 3 heteroatoms. The van der Waals surface area contributed by atoms with Crippen molar-refractivity contribution in [2.24, 2.45) is 0 Å². The predicted octanol–water partition coefficient (Wildman–Crippen LogP) is 3.83. The number of hydrogen-bond acceptors (Lipinski definition) is 3. The molecule has 21 heavy (non-hydrogen) atoms. The molecule has 0 bridgehead atoms. The summed E-state index contributed by atoms with van der Waals surface area (Å²) in [5, 5.41) is 17.4. The lowest BCUT2D eigenvalue weighted by Gasteiger charge is -2.23. The lowest BCUT2D eigenvalue weighted by atomic mass is 9.84. The van der Waals surface area contributed by atoms with Gasteiger partial charge >= 0.3 is 0 Å². The molecular weight excluding hydrogens is 258 g/mol. The van der Waals surface area contributed by atoms with Crippen molar-refractivity contribution >= 4 is 5.69 Å². The van der Waals surface area contributed by atoms with Crippen LogP contribution in [0.3, 0.4) is 0 Å². The zero-order chi connectivity index (χ0) is 15.5. The smallest absolute Gasteiger partial charge is 0.129 e. The average molecular weight is 275 g/mol. The summed E-state index contributed by atoms with van der Waals surface area (Å²) in [4.78, 5) is 2.18. The van der Waals surface area contributed by atoms with Gasteiger partial charge in [-0.25, -0.2) is 0 Å². The summed E-state index contributed by atoms with van der Waals surface area (Å²) in [5.74, 6) is 0. The number of anilines is 1. The van der Waals surface area contributed by atoms with E-state index in [1.165, 1.54) is 23.0 Å². The number of nitriles is 2. The van der Waals surface area contributed by atoms with Crippen molar-refractivity contribution < 1.29 is 0 Å². The zero-order valence-electron chi connectivity index (χ0n) is 12.5. The number of para-hydroxylation sites is 1. The van der Waals surface area contributed by atoms with Crippen molar-refractivity contribution in [3.05, 3.63) is 65.4 Å². The average Bonchev–Trinajstić information content (AvgIpc) is 2.68. The number of nitrogens with zero attached hydrogens (tertiary/aromatic N) is 3. The molecule has 1 aromatic carbocycles. The molecule has 0 aliphatic carbocycles. The van der Waals surface area contributed by atoms with Gasteiger partial charge in [0.05, 0.1) is 0 Å². The Morgan fingerprint density at radius 2 is 1.81 bits per heavy atom. The third-order valence-corrected chi connectivity index (χ3v) is 3.81. The van der Waals surface area contributed by atoms with Crippen LogP contribution in [0, 0.1) is 22.7 Å². The topological polar surface area (TPSA) is 50.8 Å². The molecular formula is C18H17N3. The molecule has 1 aliphatic rings. The lowest BCUT2D eigenvalue weighted by Crippen LogP contribution is -2.22. The highest BCUT2D eigenvalue weighted by atomic mass is 15.2. The molecule has 104 valence electrons. The molecule has 0 atom stereocenters. The van der Waals surface area contributed by atoms with Crippen molar-refractivity contribution in [1.29, 1.82) is 10.5 Å². The van der Waals surface area contributed by atoms with Gasteiger partial charge in [0.15, 0.2) is 0 Å². The van der Waals surface area contributed by atoms with Crippen LogP contribution in [-0.4, -0.2) is 7.05 Å². The van der Waals surface area contributed by atoms with Crippen molar-refractivity contribution in [1.82, 2.24) is 0 Å². The van der Waals surface area contributed by atoms with Crippen molar-refractivity contribution in [2.75, 3.05) is 11.9 Å². The van der Waals surface area contributed by atoms with E-state index in [1.807, 2.05) is 30.4 Å². The Labute approximate surface area is 125 Å². The van der Waals surface area contributed by atoms with Crippen LogP contribution in [0.5, 0.6) is 0 Å². The molecule has 1 aliphatic heterocycles. The second-order valence-corrected chi connectivity index (χ2v) is 5.44. The first-order valence-corrected chi connectivity index (χ1v) is 6.75. The van der Waals surface area contributed by atoms with E-state index < -0.39 is 0 Å². The number of hydrogen-bond donors (Lipinski definition) is 0. The highest BCUT2D eigenvalue weighted by molar-refractivity contribution is 5.70. The standard InChI is InChI=1S/C18H17N3/c1-18(2)15-9-5-6-10-16(15)21(3)17(18)11-7-4-8-14(12-19)13-20/h4-11H,1-3H3/b7-4+,17-11-. The van der Waals surface area contributed by atoms with Gasteiger partial charge in [-0.2, -0.15) is 10.5 Å². The second-order valence-electron chi connectivity index (χ2n) is 5.44. The summed E-state index contributed by atoms with van der Waals surface area (Å²) in [6, 6.07) is 12.0. The summed E-state index contributed by atoms with van der Waals surface area (Å²) < 4.78 is 0. The highest BCUT2D eigenvalue weighted by Gasteiger charge is 2.37. The van der Waals surface area contributed by atoms with E-state index >= 15 is 0 Å². The Morgan fingerprint density at radius 1 is 1.14 bits per heavy atom. The fourth-order valence-corrected chi connectivity index (χ4v) is 2.70. The maximum Gasteiger partial charge on any atom is 0.129 e. The zero-order valence-corrected chi connectivity index (χ0v) is 12.5. The lowest BCUT2D eigenvalue weighted by molar-refractivity contribution is 0.640. The van der Waals surface area contributed by atoms with Crippen LogP contribution < -0.4 is 4.90 Å². The third kappa shape index (κ3) is 2.59. The summed E-state index contributed by atoms with van der Waals surface area (Å²) in [6.45, 7) is 4.39. The number of allylic oxidation sites excluding steroid dienone is 6. The molecule has 1 aromatic rings. The van der Waals surface area contributed by atoms with Gasteiger partial charge in [-0.05, 0) is 23.8 Å². The molecule has 0 N–H and O–H groups in total. The Balaban J connectivity index is 2.33. The van der Waals surface area contributed by atoms with E-state index in [0.717, 1.165) is 0 Å². The Hall–Kier alpha value is -2.78. The Morgan fingerprint density at radius 3 is 2.43 bits per heavy atom. The normalized spacial score (nSPS) is 17.4. The van der Waals surface area contributed by atoms with E-state index in [-0.39, 0.29) is 11.0 Å². The fraction of sp³-hybridized carbons (Fsp3) is 0.222. The van der Waals surface area contributed by atoms with Gasteiger partial charge in [-0.1, -0.05) is 44.2 Å². The quantitative estimate of drug-likeness (QED) is 0.609. The van der Waals surface area contributed by atoms with Crippen molar-refractivity contribution in [3.63, 3.8) is 0 Å². The van der Waals surface area contributed by atoms with Gasteiger partial charge in [0.2, 0.25) is 0 Å². The summed E-state index contributed by atoms with van der Waals surface area (Å²) in [7, 11) is 2.05. The van der Waals surface area contributed by atoms with Crippen molar-refractivity contribution in [3.8, 4) is 12.1 Å². The van der Waals surface area contributed by atoms with Crippen molar-refractivity contribution in [2.45, 2.75) is 19.3 Å². The van der Waals surface area contributed by atoms with Crippen LogP contribution >= 0.6 is 0 Å². The van der Waals surface area contributed by atoms with Crippen LogP contribution in [0.2, 0.25) is 0 Å². The summed E-state index contributed by atoms with van der Waals surface area (Å²) in [6.07, 6.45) is 7.14. The minimum atomic E-state index is -0.0628. The molecule has 0 fully saturated rings. The number of fused-ring (bicyclic) bond motifs is 1. The highest BCUT2D eigenvalue weighted by Crippen LogP contribution is 2.46. The number of rotatable bonds is 2. The van der Waals surface area contributed by atoms with E-state index in [2.05, 4.69) is 44.0 Å². The molecule has 3 nitrogen and oxygen atoms in total. The minimum absolute atomic E-state index is 0.0628. The Bertz CT molecular complexity index is 706. The largest absolute Gasteiger partial charge is 0.347 e. The first-order valence-electron chi connectivity index (χ1n) is 6.75. The predicted molar refractivity (Wildman–Crippen MR) is 84.4 cm³/mol.